The number of nitro benzene ring substituents is 1. The SMILES string of the molecule is Cc1c(CC(=O)N2CC(=O)Nc3c(F)cccc32)cccc1[N+](=O)[O-]. The Bertz CT molecular complexity index is 897. The molecule has 2 aromatic rings. The number of nitrogens with one attached hydrogen (secondary N) is 1. The third-order valence-corrected chi connectivity index (χ3v) is 4.11. The van der Waals surface area contributed by atoms with Crippen LogP contribution < -0.4 is 10.2 Å². The largest absolute Gasteiger partial charge is 0.320 e. The van der Waals surface area contributed by atoms with Crippen molar-refractivity contribution in [2.75, 3.05) is 16.8 Å². The van der Waals surface area contributed by atoms with Gasteiger partial charge in [0.15, 0.2) is 0 Å². The molecule has 1 N–H and O–H groups in total. The summed E-state index contributed by atoms with van der Waals surface area (Å²) in [7, 11) is 0. The number of carbonyl (C=O) groups excluding carboxylic acids is 2. The molecule has 0 radical (unpaired) electrons. The van der Waals surface area contributed by atoms with Crippen molar-refractivity contribution in [2.45, 2.75) is 13.3 Å². The van der Waals surface area contributed by atoms with E-state index >= 15 is 0 Å². The summed E-state index contributed by atoms with van der Waals surface area (Å²) in [6.07, 6.45) is -0.128. The van der Waals surface area contributed by atoms with Crippen molar-refractivity contribution in [1.29, 1.82) is 0 Å². The van der Waals surface area contributed by atoms with Crippen LogP contribution in [0.2, 0.25) is 0 Å². The molecule has 0 unspecified atom stereocenters. The summed E-state index contributed by atoms with van der Waals surface area (Å²) in [5.74, 6) is -1.57. The number of hydrogen-bond acceptors (Lipinski definition) is 4. The first-order chi connectivity index (χ1) is 11.9. The second-order valence-corrected chi connectivity index (χ2v) is 5.66. The van der Waals surface area contributed by atoms with Gasteiger partial charge in [-0.3, -0.25) is 19.7 Å². The fourth-order valence-electron chi connectivity index (χ4n) is 2.81. The second kappa shape index (κ2) is 6.31. The Morgan fingerprint density at radius 2 is 2.04 bits per heavy atom. The second-order valence-electron chi connectivity index (χ2n) is 5.66. The molecule has 0 fully saturated rings. The minimum Gasteiger partial charge on any atom is -0.320 e. The number of amides is 2. The van der Waals surface area contributed by atoms with E-state index in [1.807, 2.05) is 0 Å². The maximum atomic E-state index is 13.9. The standard InChI is InChI=1S/C17H14FN3O4/c1-10-11(4-2-6-13(10)21(24)25)8-16(23)20-9-15(22)19-17-12(18)5-3-7-14(17)20/h2-7H,8-9H2,1H3,(H,19,22). The highest BCUT2D eigenvalue weighted by molar-refractivity contribution is 6.10. The summed E-state index contributed by atoms with van der Waals surface area (Å²) in [5, 5.41) is 13.4. The average molecular weight is 343 g/mol. The van der Waals surface area contributed by atoms with Crippen molar-refractivity contribution in [3.8, 4) is 0 Å². The molecular weight excluding hydrogens is 329 g/mol. The van der Waals surface area contributed by atoms with Gasteiger partial charge >= 0.3 is 0 Å². The number of carbonyl (C=O) groups is 2. The molecule has 0 aliphatic carbocycles. The summed E-state index contributed by atoms with van der Waals surface area (Å²) in [6.45, 7) is 1.33. The highest BCUT2D eigenvalue weighted by Crippen LogP contribution is 2.32. The van der Waals surface area contributed by atoms with Gasteiger partial charge in [0.1, 0.15) is 18.0 Å². The van der Waals surface area contributed by atoms with Gasteiger partial charge in [0.25, 0.3) is 5.69 Å². The summed E-state index contributed by atoms with van der Waals surface area (Å²) in [5.41, 5.74) is 1.04. The van der Waals surface area contributed by atoms with Gasteiger partial charge in [-0.1, -0.05) is 18.2 Å². The van der Waals surface area contributed by atoms with Gasteiger partial charge in [0.05, 0.1) is 17.0 Å². The van der Waals surface area contributed by atoms with Crippen molar-refractivity contribution >= 4 is 28.9 Å². The van der Waals surface area contributed by atoms with Crippen LogP contribution in [0.5, 0.6) is 0 Å². The van der Waals surface area contributed by atoms with Gasteiger partial charge < -0.3 is 10.2 Å². The number of hydrogen-bond donors (Lipinski definition) is 1. The number of nitro groups is 1. The highest BCUT2D eigenvalue weighted by atomic mass is 19.1. The van der Waals surface area contributed by atoms with E-state index in [2.05, 4.69) is 5.32 Å². The van der Waals surface area contributed by atoms with Crippen LogP contribution in [0.1, 0.15) is 11.1 Å². The van der Waals surface area contributed by atoms with Crippen LogP contribution in [-0.2, 0) is 16.0 Å². The minimum absolute atomic E-state index is 0.0390. The maximum Gasteiger partial charge on any atom is 0.272 e. The van der Waals surface area contributed by atoms with Crippen LogP contribution in [-0.4, -0.2) is 23.3 Å². The zero-order chi connectivity index (χ0) is 18.1. The molecule has 3 rings (SSSR count). The molecule has 1 heterocycles. The molecule has 0 bridgehead atoms. The first-order valence-electron chi connectivity index (χ1n) is 7.50. The van der Waals surface area contributed by atoms with Crippen molar-refractivity contribution in [3.05, 3.63) is 63.5 Å². The fourth-order valence-corrected chi connectivity index (χ4v) is 2.81. The number of halogens is 1. The molecule has 2 aromatic carbocycles. The van der Waals surface area contributed by atoms with Gasteiger partial charge in [-0.2, -0.15) is 0 Å². The molecule has 0 aromatic heterocycles. The highest BCUT2D eigenvalue weighted by Gasteiger charge is 2.29. The number of fused-ring (bicyclic) bond motifs is 1. The molecule has 2 amide bonds. The molecular formula is C17H14FN3O4. The van der Waals surface area contributed by atoms with E-state index in [1.54, 1.807) is 13.0 Å². The van der Waals surface area contributed by atoms with Gasteiger partial charge in [-0.15, -0.1) is 0 Å². The Morgan fingerprint density at radius 3 is 2.76 bits per heavy atom. The normalized spacial score (nSPS) is 13.2. The topological polar surface area (TPSA) is 92.6 Å². The van der Waals surface area contributed by atoms with E-state index in [-0.39, 0.29) is 30.0 Å². The molecule has 1 aliphatic heterocycles. The number of anilines is 2. The lowest BCUT2D eigenvalue weighted by atomic mass is 10.0. The van der Waals surface area contributed by atoms with Crippen LogP contribution in [0.3, 0.4) is 0 Å². The van der Waals surface area contributed by atoms with E-state index in [0.29, 0.717) is 11.1 Å². The summed E-state index contributed by atoms with van der Waals surface area (Å²) < 4.78 is 13.9. The molecule has 25 heavy (non-hydrogen) atoms. The van der Waals surface area contributed by atoms with E-state index in [9.17, 15) is 24.1 Å². The summed E-state index contributed by atoms with van der Waals surface area (Å²) in [4.78, 5) is 36.2. The number of nitrogens with zero attached hydrogens (tertiary/aromatic N) is 2. The quantitative estimate of drug-likeness (QED) is 0.685. The minimum atomic E-state index is -0.630. The molecule has 0 saturated heterocycles. The monoisotopic (exact) mass is 343 g/mol. The van der Waals surface area contributed by atoms with Crippen molar-refractivity contribution in [3.63, 3.8) is 0 Å². The van der Waals surface area contributed by atoms with Crippen LogP contribution >= 0.6 is 0 Å². The predicted molar refractivity (Wildman–Crippen MR) is 88.9 cm³/mol. The first kappa shape index (κ1) is 16.6. The molecule has 8 heteroatoms. The van der Waals surface area contributed by atoms with Gasteiger partial charge in [0, 0.05) is 11.6 Å². The van der Waals surface area contributed by atoms with E-state index in [1.165, 1.54) is 35.2 Å². The van der Waals surface area contributed by atoms with Crippen LogP contribution in [0.15, 0.2) is 36.4 Å². The van der Waals surface area contributed by atoms with Crippen molar-refractivity contribution in [2.24, 2.45) is 0 Å². The lowest BCUT2D eigenvalue weighted by molar-refractivity contribution is -0.385. The number of rotatable bonds is 3. The molecule has 0 saturated carbocycles. The van der Waals surface area contributed by atoms with E-state index in [0.717, 1.165) is 0 Å². The van der Waals surface area contributed by atoms with E-state index < -0.39 is 22.6 Å². The number of para-hydroxylation sites is 1. The molecule has 0 atom stereocenters. The Hall–Kier alpha value is -3.29. The summed E-state index contributed by atoms with van der Waals surface area (Å²) >= 11 is 0. The Morgan fingerprint density at radius 1 is 1.32 bits per heavy atom. The molecule has 128 valence electrons. The lowest BCUT2D eigenvalue weighted by Gasteiger charge is -2.29. The van der Waals surface area contributed by atoms with E-state index in [4.69, 9.17) is 0 Å². The third kappa shape index (κ3) is 3.06. The Kier molecular flexibility index (Phi) is 4.18. The molecule has 7 nitrogen and oxygen atoms in total. The van der Waals surface area contributed by atoms with Crippen LogP contribution in [0.4, 0.5) is 21.5 Å². The molecule has 1 aliphatic rings. The Labute approximate surface area is 142 Å². The maximum absolute atomic E-state index is 13.9. The van der Waals surface area contributed by atoms with Gasteiger partial charge in [-0.25, -0.2) is 4.39 Å². The van der Waals surface area contributed by atoms with Crippen molar-refractivity contribution < 1.29 is 18.9 Å². The zero-order valence-corrected chi connectivity index (χ0v) is 13.3. The van der Waals surface area contributed by atoms with Crippen LogP contribution in [0.25, 0.3) is 0 Å². The Balaban J connectivity index is 1.93. The lowest BCUT2D eigenvalue weighted by Crippen LogP contribution is -2.43. The zero-order valence-electron chi connectivity index (χ0n) is 13.3. The molecule has 0 spiro atoms. The average Bonchev–Trinajstić information content (AvgIpc) is 2.56. The first-order valence-corrected chi connectivity index (χ1v) is 7.50. The predicted octanol–water partition coefficient (Wildman–Crippen LogP) is 2.57. The number of benzene rings is 2. The van der Waals surface area contributed by atoms with Gasteiger partial charge in [0.2, 0.25) is 11.8 Å². The van der Waals surface area contributed by atoms with Crippen LogP contribution in [0, 0.1) is 22.9 Å². The third-order valence-electron chi connectivity index (χ3n) is 4.11. The van der Waals surface area contributed by atoms with Gasteiger partial charge in [-0.05, 0) is 24.6 Å². The fraction of sp³-hybridized carbons (Fsp3) is 0.176. The smallest absolute Gasteiger partial charge is 0.272 e. The summed E-state index contributed by atoms with van der Waals surface area (Å²) in [6, 6.07) is 8.67. The van der Waals surface area contributed by atoms with Crippen molar-refractivity contribution in [1.82, 2.24) is 0 Å².